The largest absolute Gasteiger partial charge is 0.342 e. The zero-order valence-corrected chi connectivity index (χ0v) is 17.9. The van der Waals surface area contributed by atoms with Crippen molar-refractivity contribution in [2.45, 2.75) is 37.3 Å². The van der Waals surface area contributed by atoms with Gasteiger partial charge in [0, 0.05) is 26.2 Å². The monoisotopic (exact) mass is 448 g/mol. The highest BCUT2D eigenvalue weighted by Gasteiger charge is 2.37. The molecule has 3 atom stereocenters. The summed E-state index contributed by atoms with van der Waals surface area (Å²) in [5.41, 5.74) is 0. The number of carbonyl (C=O) groups excluding carboxylic acids is 1. The van der Waals surface area contributed by atoms with Gasteiger partial charge in [-0.25, -0.2) is 8.42 Å². The van der Waals surface area contributed by atoms with Crippen LogP contribution in [0, 0.1) is 17.8 Å². The van der Waals surface area contributed by atoms with E-state index in [1.54, 1.807) is 12.1 Å². The van der Waals surface area contributed by atoms with Crippen molar-refractivity contribution in [1.29, 1.82) is 0 Å². The van der Waals surface area contributed by atoms with Gasteiger partial charge in [0.05, 0.1) is 9.70 Å². The van der Waals surface area contributed by atoms with Crippen LogP contribution in [0.5, 0.6) is 0 Å². The van der Waals surface area contributed by atoms with Gasteiger partial charge in [-0.05, 0) is 59.2 Å². The van der Waals surface area contributed by atoms with Crippen LogP contribution in [-0.2, 0) is 14.8 Å². The topological polar surface area (TPSA) is 57.7 Å². The van der Waals surface area contributed by atoms with Crippen molar-refractivity contribution in [3.05, 3.63) is 15.9 Å². The Bertz CT molecular complexity index is 724. The summed E-state index contributed by atoms with van der Waals surface area (Å²) in [7, 11) is -3.51. The van der Waals surface area contributed by atoms with E-state index in [0.29, 0.717) is 29.1 Å². The van der Waals surface area contributed by atoms with Gasteiger partial charge in [0.1, 0.15) is 4.21 Å². The molecule has 0 radical (unpaired) electrons. The van der Waals surface area contributed by atoms with Gasteiger partial charge in [0.25, 0.3) is 10.0 Å². The average molecular weight is 449 g/mol. The zero-order valence-electron chi connectivity index (χ0n) is 14.7. The molecule has 25 heavy (non-hydrogen) atoms. The molecule has 3 rings (SSSR count). The molecule has 5 nitrogen and oxygen atoms in total. The molecule has 0 saturated carbocycles. The van der Waals surface area contributed by atoms with E-state index in [1.807, 2.05) is 4.90 Å². The summed E-state index contributed by atoms with van der Waals surface area (Å²) in [4.78, 5) is 14.9. The molecule has 140 valence electrons. The van der Waals surface area contributed by atoms with E-state index in [1.165, 1.54) is 15.6 Å². The smallest absolute Gasteiger partial charge is 0.252 e. The number of likely N-dealkylation sites (tertiary alicyclic amines) is 1. The second kappa shape index (κ2) is 7.66. The highest BCUT2D eigenvalue weighted by molar-refractivity contribution is 9.11. The van der Waals surface area contributed by atoms with Gasteiger partial charge >= 0.3 is 0 Å². The van der Waals surface area contributed by atoms with Crippen molar-refractivity contribution in [3.8, 4) is 0 Å². The molecule has 0 N–H and O–H groups in total. The first kappa shape index (κ1) is 19.3. The lowest BCUT2D eigenvalue weighted by Crippen LogP contribution is -2.50. The summed E-state index contributed by atoms with van der Waals surface area (Å²) in [5.74, 6) is 0.939. The highest BCUT2D eigenvalue weighted by Crippen LogP contribution is 2.32. The maximum atomic E-state index is 13.0. The van der Waals surface area contributed by atoms with Crippen LogP contribution < -0.4 is 0 Å². The van der Waals surface area contributed by atoms with Crippen molar-refractivity contribution in [3.63, 3.8) is 0 Å². The molecule has 8 heteroatoms. The van der Waals surface area contributed by atoms with Crippen LogP contribution in [0.2, 0.25) is 0 Å². The number of thiophene rings is 1. The molecule has 1 amide bonds. The van der Waals surface area contributed by atoms with Crippen LogP contribution in [0.15, 0.2) is 20.1 Å². The first-order valence-electron chi connectivity index (χ1n) is 8.81. The third-order valence-corrected chi connectivity index (χ3v) is 9.01. The Labute approximate surface area is 162 Å². The summed E-state index contributed by atoms with van der Waals surface area (Å²) in [6, 6.07) is 3.38. The average Bonchev–Trinajstić information content (AvgIpc) is 3.00. The lowest BCUT2D eigenvalue weighted by atomic mass is 9.90. The summed E-state index contributed by atoms with van der Waals surface area (Å²) in [6.07, 6.45) is 2.67. The number of hydrogen-bond acceptors (Lipinski definition) is 4. The van der Waals surface area contributed by atoms with Crippen LogP contribution in [0.3, 0.4) is 0 Å². The summed E-state index contributed by atoms with van der Waals surface area (Å²) in [6.45, 7) is 6.75. The zero-order chi connectivity index (χ0) is 18.2. The van der Waals surface area contributed by atoms with Crippen LogP contribution in [0.1, 0.15) is 33.1 Å². The van der Waals surface area contributed by atoms with E-state index in [4.69, 9.17) is 0 Å². The Hall–Kier alpha value is -0.440. The fourth-order valence-corrected chi connectivity index (χ4v) is 7.72. The van der Waals surface area contributed by atoms with E-state index in [0.717, 1.165) is 36.1 Å². The van der Waals surface area contributed by atoms with E-state index >= 15 is 0 Å². The van der Waals surface area contributed by atoms with Gasteiger partial charge in [0.2, 0.25) is 5.91 Å². The van der Waals surface area contributed by atoms with Crippen molar-refractivity contribution >= 4 is 43.2 Å². The van der Waals surface area contributed by atoms with Crippen LogP contribution in [0.4, 0.5) is 0 Å². The molecule has 3 heterocycles. The highest BCUT2D eigenvalue weighted by atomic mass is 79.9. The van der Waals surface area contributed by atoms with E-state index < -0.39 is 10.0 Å². The first-order chi connectivity index (χ1) is 11.8. The van der Waals surface area contributed by atoms with Crippen LogP contribution in [-0.4, -0.2) is 49.7 Å². The van der Waals surface area contributed by atoms with Gasteiger partial charge in [-0.1, -0.05) is 13.8 Å². The van der Waals surface area contributed by atoms with Crippen molar-refractivity contribution < 1.29 is 13.2 Å². The summed E-state index contributed by atoms with van der Waals surface area (Å²) < 4.78 is 28.3. The van der Waals surface area contributed by atoms with Crippen molar-refractivity contribution in [1.82, 2.24) is 9.21 Å². The first-order valence-corrected chi connectivity index (χ1v) is 11.9. The Kier molecular flexibility index (Phi) is 5.92. The number of nitrogens with zero attached hydrogens (tertiary/aromatic N) is 2. The molecule has 0 aromatic carbocycles. The lowest BCUT2D eigenvalue weighted by molar-refractivity contribution is -0.139. The molecule has 2 aliphatic heterocycles. The maximum absolute atomic E-state index is 13.0. The number of rotatable bonds is 3. The number of carbonyl (C=O) groups is 1. The summed E-state index contributed by atoms with van der Waals surface area (Å²) >= 11 is 4.54. The summed E-state index contributed by atoms with van der Waals surface area (Å²) in [5, 5.41) is 0. The second-order valence-corrected chi connectivity index (χ2v) is 12.1. The van der Waals surface area contributed by atoms with Gasteiger partial charge < -0.3 is 4.90 Å². The molecule has 0 bridgehead atoms. The molecule has 1 aromatic heterocycles. The standard InChI is InChI=1S/C17H25BrN2O3S2/c1-12-8-13(2)10-19(9-12)17(21)14-4-3-7-20(11-14)25(22,23)16-6-5-15(18)24-16/h5-6,12-14H,3-4,7-11H2,1-2H3/t12-,13+,14-/m1/s1. The predicted octanol–water partition coefficient (Wildman–Crippen LogP) is 3.42. The predicted molar refractivity (Wildman–Crippen MR) is 103 cm³/mol. The van der Waals surface area contributed by atoms with Gasteiger partial charge in [-0.3, -0.25) is 4.79 Å². The minimum Gasteiger partial charge on any atom is -0.342 e. The number of piperidine rings is 2. The second-order valence-electron chi connectivity index (χ2n) is 7.45. The number of halogens is 1. The lowest BCUT2D eigenvalue weighted by Gasteiger charge is -2.39. The Balaban J connectivity index is 1.71. The fourth-order valence-electron chi connectivity index (χ4n) is 4.03. The normalized spacial score (nSPS) is 28.9. The van der Waals surface area contributed by atoms with E-state index in [-0.39, 0.29) is 11.8 Å². The van der Waals surface area contributed by atoms with Crippen LogP contribution in [0.25, 0.3) is 0 Å². The Morgan fingerprint density at radius 2 is 1.88 bits per heavy atom. The number of amides is 1. The Morgan fingerprint density at radius 3 is 2.48 bits per heavy atom. The molecule has 0 spiro atoms. The SMILES string of the molecule is C[C@@H]1C[C@H](C)CN(C(=O)[C@@H]2CCCN(S(=O)(=O)c3ccc(Br)s3)C2)C1. The van der Waals surface area contributed by atoms with Crippen LogP contribution >= 0.6 is 27.3 Å². The third-order valence-electron chi connectivity index (χ3n) is 5.06. The fraction of sp³-hybridized carbons (Fsp3) is 0.706. The van der Waals surface area contributed by atoms with Gasteiger partial charge in [-0.15, -0.1) is 11.3 Å². The van der Waals surface area contributed by atoms with Crippen molar-refractivity contribution in [2.75, 3.05) is 26.2 Å². The minimum atomic E-state index is -3.51. The molecule has 0 unspecified atom stereocenters. The molecular formula is C17H25BrN2O3S2. The molecule has 0 aliphatic carbocycles. The quantitative estimate of drug-likeness (QED) is 0.711. The molecule has 1 aromatic rings. The van der Waals surface area contributed by atoms with E-state index in [9.17, 15) is 13.2 Å². The maximum Gasteiger partial charge on any atom is 0.252 e. The third kappa shape index (κ3) is 4.28. The molecule has 2 aliphatic rings. The Morgan fingerprint density at radius 1 is 1.20 bits per heavy atom. The van der Waals surface area contributed by atoms with Gasteiger partial charge in [-0.2, -0.15) is 4.31 Å². The number of hydrogen-bond donors (Lipinski definition) is 0. The molecule has 2 saturated heterocycles. The molecule has 2 fully saturated rings. The number of sulfonamides is 1. The van der Waals surface area contributed by atoms with E-state index in [2.05, 4.69) is 29.8 Å². The minimum absolute atomic E-state index is 0.130. The van der Waals surface area contributed by atoms with Crippen molar-refractivity contribution in [2.24, 2.45) is 17.8 Å². The van der Waals surface area contributed by atoms with Gasteiger partial charge in [0.15, 0.2) is 0 Å². The molecular weight excluding hydrogens is 424 g/mol.